The molecule has 1 aliphatic rings. The Balaban J connectivity index is 2.61. The van der Waals surface area contributed by atoms with Gasteiger partial charge in [0, 0.05) is 7.11 Å². The second-order valence-corrected chi connectivity index (χ2v) is 4.25. The first kappa shape index (κ1) is 6.98. The van der Waals surface area contributed by atoms with Crippen LogP contribution in [0.1, 0.15) is 0 Å². The van der Waals surface area contributed by atoms with Crippen molar-refractivity contribution in [2.24, 2.45) is 0 Å². The summed E-state index contributed by atoms with van der Waals surface area (Å²) in [6.45, 7) is 0. The maximum atomic E-state index is 10.4. The van der Waals surface area contributed by atoms with Gasteiger partial charge in [-0.25, -0.2) is 8.42 Å². The van der Waals surface area contributed by atoms with Crippen LogP contribution in [-0.4, -0.2) is 37.9 Å². The van der Waals surface area contributed by atoms with Gasteiger partial charge in [0.1, 0.15) is 11.5 Å². The van der Waals surface area contributed by atoms with Gasteiger partial charge in [-0.3, -0.25) is 0 Å². The Bertz CT molecular complexity index is 193. The number of hydrogen-bond donors (Lipinski definition) is 1. The Labute approximate surface area is 53.4 Å². The Kier molecular flexibility index (Phi) is 1.30. The van der Waals surface area contributed by atoms with Crippen LogP contribution in [0.5, 0.6) is 0 Å². The van der Waals surface area contributed by atoms with E-state index in [1.54, 1.807) is 0 Å². The van der Waals surface area contributed by atoms with Crippen LogP contribution in [-0.2, 0) is 14.6 Å². The summed E-state index contributed by atoms with van der Waals surface area (Å²) in [5, 5.41) is 8.95. The van der Waals surface area contributed by atoms with E-state index in [0.717, 1.165) is 0 Å². The minimum Gasteiger partial charge on any atom is -0.364 e. The SMILES string of the molecule is COC1(O)CS(=O)(=O)C1. The van der Waals surface area contributed by atoms with Gasteiger partial charge in [-0.1, -0.05) is 0 Å². The van der Waals surface area contributed by atoms with E-state index in [1.807, 2.05) is 0 Å². The van der Waals surface area contributed by atoms with Crippen molar-refractivity contribution in [1.82, 2.24) is 0 Å². The van der Waals surface area contributed by atoms with Crippen molar-refractivity contribution >= 4 is 9.84 Å². The van der Waals surface area contributed by atoms with E-state index in [9.17, 15) is 8.42 Å². The first-order chi connectivity index (χ1) is 3.97. The number of ether oxygens (including phenoxy) is 1. The van der Waals surface area contributed by atoms with Crippen molar-refractivity contribution in [3.63, 3.8) is 0 Å². The third kappa shape index (κ3) is 1.23. The molecule has 0 saturated carbocycles. The van der Waals surface area contributed by atoms with E-state index in [4.69, 9.17) is 5.11 Å². The molecule has 1 saturated heterocycles. The summed E-state index contributed by atoms with van der Waals surface area (Å²) in [6, 6.07) is 0. The first-order valence-electron chi connectivity index (χ1n) is 2.45. The van der Waals surface area contributed by atoms with Gasteiger partial charge >= 0.3 is 0 Å². The molecule has 9 heavy (non-hydrogen) atoms. The monoisotopic (exact) mass is 152 g/mol. The molecule has 1 N–H and O–H groups in total. The van der Waals surface area contributed by atoms with E-state index in [2.05, 4.69) is 4.74 Å². The molecule has 0 atom stereocenters. The minimum atomic E-state index is -2.98. The molecule has 54 valence electrons. The molecule has 1 heterocycles. The highest BCUT2D eigenvalue weighted by Gasteiger charge is 2.47. The number of methoxy groups -OCH3 is 1. The third-order valence-corrected chi connectivity index (χ3v) is 3.05. The highest BCUT2D eigenvalue weighted by Crippen LogP contribution is 2.23. The van der Waals surface area contributed by atoms with E-state index in [-0.39, 0.29) is 11.5 Å². The molecular formula is C4H8O4S. The molecule has 0 bridgehead atoms. The molecule has 0 amide bonds. The standard InChI is InChI=1S/C4H8O4S/c1-8-4(5)2-9(6,7)3-4/h5H,2-3H2,1H3. The summed E-state index contributed by atoms with van der Waals surface area (Å²) in [5.74, 6) is -1.92. The van der Waals surface area contributed by atoms with Gasteiger partial charge in [0.2, 0.25) is 0 Å². The van der Waals surface area contributed by atoms with Crippen molar-refractivity contribution in [3.05, 3.63) is 0 Å². The molecule has 1 fully saturated rings. The number of hydrogen-bond acceptors (Lipinski definition) is 4. The fourth-order valence-corrected chi connectivity index (χ4v) is 2.29. The normalized spacial score (nSPS) is 29.1. The lowest BCUT2D eigenvalue weighted by Gasteiger charge is -2.33. The van der Waals surface area contributed by atoms with E-state index in [0.29, 0.717) is 0 Å². The maximum Gasteiger partial charge on any atom is 0.193 e. The molecule has 0 radical (unpaired) electrons. The predicted molar refractivity (Wildman–Crippen MR) is 30.6 cm³/mol. The number of rotatable bonds is 1. The molecular weight excluding hydrogens is 144 g/mol. The summed E-state index contributed by atoms with van der Waals surface area (Å²) >= 11 is 0. The lowest BCUT2D eigenvalue weighted by Crippen LogP contribution is -2.55. The minimum absolute atomic E-state index is 0.267. The largest absolute Gasteiger partial charge is 0.364 e. The zero-order chi connectivity index (χ0) is 7.12. The third-order valence-electron chi connectivity index (χ3n) is 1.27. The molecule has 4 nitrogen and oxygen atoms in total. The molecule has 0 aromatic heterocycles. The smallest absolute Gasteiger partial charge is 0.193 e. The van der Waals surface area contributed by atoms with Crippen LogP contribution in [0.3, 0.4) is 0 Å². The molecule has 0 aliphatic carbocycles. The van der Waals surface area contributed by atoms with Crippen molar-refractivity contribution in [1.29, 1.82) is 0 Å². The van der Waals surface area contributed by atoms with Gasteiger partial charge in [0.05, 0.1) is 0 Å². The first-order valence-corrected chi connectivity index (χ1v) is 4.28. The Morgan fingerprint density at radius 3 is 2.11 bits per heavy atom. The van der Waals surface area contributed by atoms with Crippen LogP contribution in [0.2, 0.25) is 0 Å². The maximum absolute atomic E-state index is 10.4. The summed E-state index contributed by atoms with van der Waals surface area (Å²) in [4.78, 5) is 0. The zero-order valence-electron chi connectivity index (χ0n) is 4.99. The summed E-state index contributed by atoms with van der Waals surface area (Å²) in [5.41, 5.74) is 0. The van der Waals surface area contributed by atoms with Crippen LogP contribution < -0.4 is 0 Å². The van der Waals surface area contributed by atoms with Crippen LogP contribution in [0.25, 0.3) is 0 Å². The van der Waals surface area contributed by atoms with Crippen LogP contribution in [0.15, 0.2) is 0 Å². The summed E-state index contributed by atoms with van der Waals surface area (Å²) in [6.07, 6.45) is 0. The summed E-state index contributed by atoms with van der Waals surface area (Å²) in [7, 11) is -1.69. The highest BCUT2D eigenvalue weighted by atomic mass is 32.2. The molecule has 0 aromatic rings. The fourth-order valence-electron chi connectivity index (χ4n) is 0.763. The molecule has 1 aliphatic heterocycles. The van der Waals surface area contributed by atoms with Gasteiger partial charge in [0.25, 0.3) is 0 Å². The lowest BCUT2D eigenvalue weighted by atomic mass is 10.4. The molecule has 1 rings (SSSR count). The highest BCUT2D eigenvalue weighted by molar-refractivity contribution is 7.93. The van der Waals surface area contributed by atoms with E-state index >= 15 is 0 Å². The van der Waals surface area contributed by atoms with Gasteiger partial charge in [0.15, 0.2) is 15.6 Å². The average Bonchev–Trinajstić information content (AvgIpc) is 1.61. The summed E-state index contributed by atoms with van der Waals surface area (Å²) < 4.78 is 25.3. The molecule has 0 spiro atoms. The Hall–Kier alpha value is -0.130. The van der Waals surface area contributed by atoms with Crippen molar-refractivity contribution in [3.8, 4) is 0 Å². The number of sulfone groups is 1. The fraction of sp³-hybridized carbons (Fsp3) is 1.00. The predicted octanol–water partition coefficient (Wildman–Crippen LogP) is -1.25. The molecule has 0 unspecified atom stereocenters. The second kappa shape index (κ2) is 1.68. The Morgan fingerprint density at radius 1 is 1.56 bits per heavy atom. The molecule has 0 aromatic carbocycles. The van der Waals surface area contributed by atoms with Crippen molar-refractivity contribution < 1.29 is 18.3 Å². The van der Waals surface area contributed by atoms with Gasteiger partial charge < -0.3 is 9.84 Å². The number of aliphatic hydroxyl groups is 1. The van der Waals surface area contributed by atoms with E-state index in [1.165, 1.54) is 7.11 Å². The van der Waals surface area contributed by atoms with Crippen LogP contribution in [0.4, 0.5) is 0 Å². The van der Waals surface area contributed by atoms with Crippen molar-refractivity contribution in [2.75, 3.05) is 18.6 Å². The van der Waals surface area contributed by atoms with E-state index < -0.39 is 15.6 Å². The van der Waals surface area contributed by atoms with Crippen LogP contribution >= 0.6 is 0 Å². The lowest BCUT2D eigenvalue weighted by molar-refractivity contribution is -0.159. The van der Waals surface area contributed by atoms with Gasteiger partial charge in [-0.05, 0) is 0 Å². The van der Waals surface area contributed by atoms with Crippen molar-refractivity contribution in [2.45, 2.75) is 5.79 Å². The topological polar surface area (TPSA) is 63.6 Å². The Morgan fingerprint density at radius 2 is 2.00 bits per heavy atom. The second-order valence-electron chi connectivity index (χ2n) is 2.18. The molecule has 5 heteroatoms. The van der Waals surface area contributed by atoms with Gasteiger partial charge in [-0.15, -0.1) is 0 Å². The quantitative estimate of drug-likeness (QED) is 0.477. The van der Waals surface area contributed by atoms with Gasteiger partial charge in [-0.2, -0.15) is 0 Å². The zero-order valence-corrected chi connectivity index (χ0v) is 5.81. The average molecular weight is 152 g/mol. The van der Waals surface area contributed by atoms with Crippen LogP contribution in [0, 0.1) is 0 Å².